The maximum Gasteiger partial charge on any atom is 0.271 e. The lowest BCUT2D eigenvalue weighted by atomic mass is 10.2. The molecule has 112 valence electrons. The molecule has 0 N–H and O–H groups in total. The van der Waals surface area contributed by atoms with Crippen molar-refractivity contribution in [2.24, 2.45) is 0 Å². The van der Waals surface area contributed by atoms with Crippen LogP contribution < -0.4 is 0 Å². The van der Waals surface area contributed by atoms with Crippen molar-refractivity contribution < 1.29 is 13.2 Å². The van der Waals surface area contributed by atoms with Gasteiger partial charge < -0.3 is 0 Å². The number of aromatic nitrogens is 1. The summed E-state index contributed by atoms with van der Waals surface area (Å²) in [5.41, 5.74) is 0.669. The fourth-order valence-corrected chi connectivity index (χ4v) is 4.77. The van der Waals surface area contributed by atoms with E-state index in [1.54, 1.807) is 30.3 Å². The summed E-state index contributed by atoms with van der Waals surface area (Å²) in [7, 11) is -4.02. The Bertz CT molecular complexity index is 973. The minimum absolute atomic E-state index is 0.0259. The van der Waals surface area contributed by atoms with Crippen LogP contribution >= 0.6 is 23.2 Å². The number of aldehydes is 1. The van der Waals surface area contributed by atoms with Gasteiger partial charge in [0.1, 0.15) is 4.90 Å². The molecule has 0 unspecified atom stereocenters. The summed E-state index contributed by atoms with van der Waals surface area (Å²) in [6.07, 6.45) is 1.88. The predicted octanol–water partition coefficient (Wildman–Crippen LogP) is 4.00. The average Bonchev–Trinajstić information content (AvgIpc) is 2.86. The lowest BCUT2D eigenvalue weighted by Crippen LogP contribution is -2.13. The van der Waals surface area contributed by atoms with Crippen LogP contribution in [0.15, 0.2) is 53.6 Å². The second kappa shape index (κ2) is 5.43. The van der Waals surface area contributed by atoms with Crippen molar-refractivity contribution in [3.05, 3.63) is 64.3 Å². The first-order valence-electron chi connectivity index (χ1n) is 6.21. The van der Waals surface area contributed by atoms with Gasteiger partial charge >= 0.3 is 0 Å². The molecule has 0 bridgehead atoms. The molecule has 0 aliphatic heterocycles. The Hall–Kier alpha value is -1.82. The molecule has 0 amide bonds. The normalized spacial score (nSPS) is 11.7. The van der Waals surface area contributed by atoms with E-state index in [1.807, 2.05) is 0 Å². The van der Waals surface area contributed by atoms with Crippen molar-refractivity contribution >= 4 is 50.4 Å². The topological polar surface area (TPSA) is 56.1 Å². The standard InChI is InChI=1S/C15H9Cl2NO3S/c16-12-5-3-6-13(17)15(12)22(20,21)18-8-10(9-19)11-4-1-2-7-14(11)18/h1-9H. The van der Waals surface area contributed by atoms with Crippen molar-refractivity contribution in [3.63, 3.8) is 0 Å². The summed E-state index contributed by atoms with van der Waals surface area (Å²) < 4.78 is 26.8. The highest BCUT2D eigenvalue weighted by molar-refractivity contribution is 7.90. The molecule has 0 saturated heterocycles. The number of fused-ring (bicyclic) bond motifs is 1. The predicted molar refractivity (Wildman–Crippen MR) is 86.4 cm³/mol. The van der Waals surface area contributed by atoms with E-state index < -0.39 is 10.0 Å². The Morgan fingerprint density at radius 3 is 2.23 bits per heavy atom. The van der Waals surface area contributed by atoms with Gasteiger partial charge in [-0.1, -0.05) is 47.5 Å². The summed E-state index contributed by atoms with van der Waals surface area (Å²) in [5.74, 6) is 0. The quantitative estimate of drug-likeness (QED) is 0.668. The van der Waals surface area contributed by atoms with Gasteiger partial charge in [0.25, 0.3) is 10.0 Å². The van der Waals surface area contributed by atoms with E-state index in [2.05, 4.69) is 0 Å². The van der Waals surface area contributed by atoms with E-state index in [0.29, 0.717) is 17.2 Å². The first-order valence-corrected chi connectivity index (χ1v) is 8.41. The minimum atomic E-state index is -4.02. The first-order chi connectivity index (χ1) is 10.5. The SMILES string of the molecule is O=Cc1cn(S(=O)(=O)c2c(Cl)cccc2Cl)c2ccccc12. The molecule has 0 fully saturated rings. The third-order valence-corrected chi connectivity index (χ3v) is 5.90. The number of rotatable bonds is 3. The van der Waals surface area contributed by atoms with Gasteiger partial charge in [-0.25, -0.2) is 12.4 Å². The Kier molecular flexibility index (Phi) is 3.72. The van der Waals surface area contributed by atoms with Crippen molar-refractivity contribution in [1.29, 1.82) is 0 Å². The van der Waals surface area contributed by atoms with Crippen LogP contribution in [0.3, 0.4) is 0 Å². The summed E-state index contributed by atoms with van der Waals surface area (Å²) >= 11 is 12.0. The molecule has 3 rings (SSSR count). The Morgan fingerprint density at radius 2 is 1.59 bits per heavy atom. The number of hydrogen-bond donors (Lipinski definition) is 0. The van der Waals surface area contributed by atoms with Crippen LogP contribution in [0.25, 0.3) is 10.9 Å². The second-order valence-electron chi connectivity index (χ2n) is 4.57. The molecule has 1 aromatic heterocycles. The maximum absolute atomic E-state index is 12.9. The molecule has 2 aromatic carbocycles. The van der Waals surface area contributed by atoms with E-state index in [0.717, 1.165) is 3.97 Å². The van der Waals surface area contributed by atoms with Crippen molar-refractivity contribution in [1.82, 2.24) is 3.97 Å². The fourth-order valence-electron chi connectivity index (χ4n) is 2.30. The fraction of sp³-hybridized carbons (Fsp3) is 0. The van der Waals surface area contributed by atoms with Crippen molar-refractivity contribution in [2.75, 3.05) is 0 Å². The van der Waals surface area contributed by atoms with Crippen LogP contribution in [-0.4, -0.2) is 18.7 Å². The molecule has 0 atom stereocenters. The lowest BCUT2D eigenvalue weighted by molar-refractivity contribution is 0.112. The van der Waals surface area contributed by atoms with Crippen molar-refractivity contribution in [3.8, 4) is 0 Å². The molecular formula is C15H9Cl2NO3S. The molecule has 22 heavy (non-hydrogen) atoms. The van der Waals surface area contributed by atoms with E-state index in [-0.39, 0.29) is 20.5 Å². The van der Waals surface area contributed by atoms with Crippen LogP contribution in [0.4, 0.5) is 0 Å². The third kappa shape index (κ3) is 2.22. The monoisotopic (exact) mass is 353 g/mol. The number of para-hydroxylation sites is 1. The molecule has 0 radical (unpaired) electrons. The van der Waals surface area contributed by atoms with E-state index in [9.17, 15) is 13.2 Å². The van der Waals surface area contributed by atoms with Crippen LogP contribution in [0.1, 0.15) is 10.4 Å². The zero-order chi connectivity index (χ0) is 15.9. The van der Waals surface area contributed by atoms with Gasteiger partial charge in [-0.3, -0.25) is 4.79 Å². The van der Waals surface area contributed by atoms with Crippen LogP contribution in [0.2, 0.25) is 10.0 Å². The summed E-state index contributed by atoms with van der Waals surface area (Å²) in [6.45, 7) is 0. The Morgan fingerprint density at radius 1 is 0.955 bits per heavy atom. The van der Waals surface area contributed by atoms with Gasteiger partial charge in [0.05, 0.1) is 15.6 Å². The summed E-state index contributed by atoms with van der Waals surface area (Å²) in [4.78, 5) is 11.0. The molecule has 0 spiro atoms. The van der Waals surface area contributed by atoms with Gasteiger partial charge in [0.15, 0.2) is 6.29 Å². The lowest BCUT2D eigenvalue weighted by Gasteiger charge is -2.10. The first kappa shape index (κ1) is 15.1. The van der Waals surface area contributed by atoms with Crippen LogP contribution in [-0.2, 0) is 10.0 Å². The van der Waals surface area contributed by atoms with Gasteiger partial charge in [-0.15, -0.1) is 0 Å². The molecule has 1 heterocycles. The molecule has 3 aromatic rings. The third-order valence-electron chi connectivity index (χ3n) is 3.27. The highest BCUT2D eigenvalue weighted by Gasteiger charge is 2.26. The second-order valence-corrected chi connectivity index (χ2v) is 7.14. The van der Waals surface area contributed by atoms with Crippen LogP contribution in [0.5, 0.6) is 0 Å². The number of benzene rings is 2. The molecular weight excluding hydrogens is 345 g/mol. The highest BCUT2D eigenvalue weighted by atomic mass is 35.5. The van der Waals surface area contributed by atoms with E-state index >= 15 is 0 Å². The zero-order valence-corrected chi connectivity index (χ0v) is 13.4. The average molecular weight is 354 g/mol. The molecule has 0 saturated carbocycles. The van der Waals surface area contributed by atoms with Gasteiger partial charge in [-0.2, -0.15) is 0 Å². The zero-order valence-electron chi connectivity index (χ0n) is 11.0. The van der Waals surface area contributed by atoms with Gasteiger partial charge in [0, 0.05) is 17.1 Å². The van der Waals surface area contributed by atoms with E-state index in [1.165, 1.54) is 18.3 Å². The van der Waals surface area contributed by atoms with E-state index in [4.69, 9.17) is 23.2 Å². The smallest absolute Gasteiger partial charge is 0.271 e. The molecule has 0 aliphatic carbocycles. The number of hydrogen-bond acceptors (Lipinski definition) is 3. The Balaban J connectivity index is 2.38. The largest absolute Gasteiger partial charge is 0.298 e. The number of carbonyl (C=O) groups is 1. The number of nitrogens with zero attached hydrogens (tertiary/aromatic N) is 1. The maximum atomic E-state index is 12.9. The highest BCUT2D eigenvalue weighted by Crippen LogP contribution is 2.33. The van der Waals surface area contributed by atoms with Gasteiger partial charge in [-0.05, 0) is 18.2 Å². The Labute approximate surface area is 136 Å². The number of halogens is 2. The summed E-state index contributed by atoms with van der Waals surface area (Å²) in [5, 5.41) is 0.597. The van der Waals surface area contributed by atoms with Crippen LogP contribution in [0, 0.1) is 0 Å². The van der Waals surface area contributed by atoms with Crippen molar-refractivity contribution in [2.45, 2.75) is 4.90 Å². The summed E-state index contributed by atoms with van der Waals surface area (Å²) in [6, 6.07) is 11.2. The van der Waals surface area contributed by atoms with Gasteiger partial charge in [0.2, 0.25) is 0 Å². The molecule has 0 aliphatic rings. The molecule has 4 nitrogen and oxygen atoms in total. The minimum Gasteiger partial charge on any atom is -0.298 e. The molecule has 7 heteroatoms. The number of carbonyl (C=O) groups excluding carboxylic acids is 1.